The van der Waals surface area contributed by atoms with Crippen molar-refractivity contribution in [2.24, 2.45) is 0 Å². The Bertz CT molecular complexity index is 2050. The van der Waals surface area contributed by atoms with Gasteiger partial charge >= 0.3 is 6.01 Å². The van der Waals surface area contributed by atoms with Gasteiger partial charge in [-0.25, -0.2) is 4.39 Å². The third-order valence-electron chi connectivity index (χ3n) is 9.18. The van der Waals surface area contributed by atoms with Gasteiger partial charge in [-0.2, -0.15) is 20.4 Å². The Morgan fingerprint density at radius 2 is 2.02 bits per heavy atom. The second kappa shape index (κ2) is 14.1. The number of likely N-dealkylation sites (tertiary alicyclic amines) is 1. The summed E-state index contributed by atoms with van der Waals surface area (Å²) in [5, 5.41) is 26.4. The Hall–Kier alpha value is -5.26. The molecule has 0 saturated carbocycles. The first-order valence-electron chi connectivity index (χ1n) is 16.1. The number of pyridine rings is 1. The summed E-state index contributed by atoms with van der Waals surface area (Å²) in [5.41, 5.74) is 2.84. The monoisotopic (exact) mass is 681 g/mol. The number of fused-ring (bicyclic) bond motifs is 2. The van der Waals surface area contributed by atoms with E-state index in [2.05, 4.69) is 38.2 Å². The summed E-state index contributed by atoms with van der Waals surface area (Å²) in [6, 6.07) is 15.6. The van der Waals surface area contributed by atoms with Crippen LogP contribution in [0.4, 0.5) is 10.2 Å². The topological polar surface area (TPSA) is 153 Å². The highest BCUT2D eigenvalue weighted by molar-refractivity contribution is 6.36. The van der Waals surface area contributed by atoms with Crippen LogP contribution in [0.1, 0.15) is 25.1 Å². The molecule has 2 saturated heterocycles. The number of rotatable bonds is 10. The van der Waals surface area contributed by atoms with E-state index in [0.29, 0.717) is 47.3 Å². The predicted molar refractivity (Wildman–Crippen MR) is 181 cm³/mol. The Kier molecular flexibility index (Phi) is 9.28. The van der Waals surface area contributed by atoms with Crippen molar-refractivity contribution in [3.63, 3.8) is 0 Å². The number of aromatic nitrogens is 7. The second-order valence-electron chi connectivity index (χ2n) is 12.2. The van der Waals surface area contributed by atoms with Gasteiger partial charge in [-0.05, 0) is 42.5 Å². The van der Waals surface area contributed by atoms with Crippen LogP contribution in [0.25, 0.3) is 32.9 Å². The number of hydrogen-bond donors (Lipinski definition) is 1. The van der Waals surface area contributed by atoms with Gasteiger partial charge in [0, 0.05) is 60.8 Å². The zero-order valence-corrected chi connectivity index (χ0v) is 27.4. The van der Waals surface area contributed by atoms with E-state index < -0.39 is 17.8 Å². The minimum Gasteiger partial charge on any atom is -0.462 e. The van der Waals surface area contributed by atoms with Crippen molar-refractivity contribution in [1.82, 2.24) is 45.4 Å². The van der Waals surface area contributed by atoms with Crippen molar-refractivity contribution in [2.45, 2.75) is 37.8 Å². The number of aromatic amines is 1. The normalized spacial score (nSPS) is 18.2. The first kappa shape index (κ1) is 32.3. The van der Waals surface area contributed by atoms with Crippen LogP contribution in [-0.2, 0) is 11.2 Å². The molecular weight excluding hydrogens is 649 g/mol. The van der Waals surface area contributed by atoms with Crippen molar-refractivity contribution in [1.29, 1.82) is 5.26 Å². The molecule has 2 atom stereocenters. The zero-order chi connectivity index (χ0) is 33.9. The van der Waals surface area contributed by atoms with Gasteiger partial charge in [-0.3, -0.25) is 14.7 Å². The van der Waals surface area contributed by atoms with E-state index in [0.717, 1.165) is 47.8 Å². The first-order valence-corrected chi connectivity index (χ1v) is 16.5. The van der Waals surface area contributed by atoms with E-state index in [1.165, 1.54) is 4.90 Å². The lowest BCUT2D eigenvalue weighted by atomic mass is 9.99. The number of ether oxygens (including phenoxy) is 1. The quantitative estimate of drug-likeness (QED) is 0.207. The summed E-state index contributed by atoms with van der Waals surface area (Å²) in [4.78, 5) is 32.8. The maximum Gasteiger partial charge on any atom is 0.319 e. The molecule has 2 aliphatic heterocycles. The van der Waals surface area contributed by atoms with Crippen LogP contribution in [0.2, 0.25) is 5.02 Å². The van der Waals surface area contributed by atoms with Gasteiger partial charge in [0.15, 0.2) is 17.5 Å². The Morgan fingerprint density at radius 3 is 2.82 bits per heavy atom. The molecule has 1 amide bonds. The largest absolute Gasteiger partial charge is 0.462 e. The van der Waals surface area contributed by atoms with E-state index in [4.69, 9.17) is 31.3 Å². The summed E-state index contributed by atoms with van der Waals surface area (Å²) < 4.78 is 20.2. The number of nitrogens with zero attached hydrogens (tertiary/aromatic N) is 10. The number of piperazine rings is 1. The number of hydrogen-bond acceptors (Lipinski definition) is 11. The van der Waals surface area contributed by atoms with Crippen molar-refractivity contribution in [3.8, 4) is 23.2 Å². The minimum atomic E-state index is -1.06. The van der Waals surface area contributed by atoms with Crippen LogP contribution >= 0.6 is 11.6 Å². The average molecular weight is 682 g/mol. The predicted octanol–water partition coefficient (Wildman–Crippen LogP) is 4.51. The van der Waals surface area contributed by atoms with Crippen molar-refractivity contribution in [3.05, 3.63) is 71.9 Å². The highest BCUT2D eigenvalue weighted by atomic mass is 35.5. The summed E-state index contributed by atoms with van der Waals surface area (Å²) in [7, 11) is 0. The van der Waals surface area contributed by atoms with Crippen LogP contribution in [0, 0.1) is 11.3 Å². The van der Waals surface area contributed by atoms with Gasteiger partial charge in [-0.1, -0.05) is 53.7 Å². The van der Waals surface area contributed by atoms with E-state index in [1.54, 1.807) is 6.20 Å². The molecule has 1 N–H and O–H groups in total. The number of nitriles is 1. The number of carbonyl (C=O) groups is 1. The summed E-state index contributed by atoms with van der Waals surface area (Å²) in [6.07, 6.45) is 4.46. The van der Waals surface area contributed by atoms with Gasteiger partial charge in [0.1, 0.15) is 12.1 Å². The number of nitrogens with one attached hydrogen (secondary N) is 1. The highest BCUT2D eigenvalue weighted by Crippen LogP contribution is 2.36. The molecule has 0 spiro atoms. The molecule has 13 nitrogen and oxygen atoms in total. The average Bonchev–Trinajstić information content (AvgIpc) is 3.81. The number of benzene rings is 2. The van der Waals surface area contributed by atoms with E-state index >= 15 is 0 Å². The number of amides is 1. The van der Waals surface area contributed by atoms with Crippen molar-refractivity contribution >= 4 is 45.1 Å². The number of halogens is 2. The molecule has 2 fully saturated rings. The molecule has 15 heteroatoms. The van der Waals surface area contributed by atoms with Gasteiger partial charge in [-0.15, -0.1) is 10.2 Å². The highest BCUT2D eigenvalue weighted by Gasteiger charge is 2.34. The van der Waals surface area contributed by atoms with Gasteiger partial charge < -0.3 is 14.5 Å². The molecule has 250 valence electrons. The lowest BCUT2D eigenvalue weighted by molar-refractivity contribution is -0.131. The Labute approximate surface area is 286 Å². The number of carbonyl (C=O) groups excluding carboxylic acids is 1. The molecule has 3 aromatic heterocycles. The second-order valence-corrected chi connectivity index (χ2v) is 12.6. The lowest BCUT2D eigenvalue weighted by Crippen LogP contribution is -2.55. The number of H-pyrrole nitrogens is 1. The molecule has 2 aromatic carbocycles. The maximum atomic E-state index is 13.9. The first-order chi connectivity index (χ1) is 23.9. The number of tetrazole rings is 1. The fourth-order valence-electron chi connectivity index (χ4n) is 6.78. The zero-order valence-electron chi connectivity index (χ0n) is 26.6. The molecular formula is C34H33ClFN11O2. The van der Waals surface area contributed by atoms with Gasteiger partial charge in [0.25, 0.3) is 5.91 Å². The SMILES string of the molecule is C=C(F)C(=O)N1CCN(c2nc(OCC3CCCN3CCc3nn[nH]n3)nc3cc(-c4cccc5cccc(Cl)c45)cnc23)C[C@@H]1CC#N. The lowest BCUT2D eigenvalue weighted by Gasteiger charge is -2.41. The van der Waals surface area contributed by atoms with E-state index in [1.807, 2.05) is 47.4 Å². The van der Waals surface area contributed by atoms with E-state index in [9.17, 15) is 14.4 Å². The fraction of sp³-hybridized carbons (Fsp3) is 0.353. The standard InChI is InChI=1S/C34H33ClFN11O2/c1-21(36)33(48)47-16-15-46(19-24(47)10-12-37)32-31-28(17-23(18-38-31)26-8-2-5-22-6-3-9-27(35)30(22)26)39-34(40-32)49-20-25-7-4-13-45(25)14-11-29-41-43-44-42-29/h2-3,5-6,8-9,17-18,24-25H,1,4,7,10-11,13-16,19-20H2,(H,41,42,43,44)/t24-,25?/m0/s1. The van der Waals surface area contributed by atoms with Crippen molar-refractivity contribution < 1.29 is 13.9 Å². The minimum absolute atomic E-state index is 0.0166. The van der Waals surface area contributed by atoms with Crippen molar-refractivity contribution in [2.75, 3.05) is 44.2 Å². The number of anilines is 1. The van der Waals surface area contributed by atoms with Crippen LogP contribution in [0.5, 0.6) is 6.01 Å². The van der Waals surface area contributed by atoms with E-state index in [-0.39, 0.29) is 31.6 Å². The van der Waals surface area contributed by atoms with Crippen LogP contribution < -0.4 is 9.64 Å². The van der Waals surface area contributed by atoms with Crippen LogP contribution in [0.15, 0.2) is 61.1 Å². The third-order valence-corrected chi connectivity index (χ3v) is 9.49. The fourth-order valence-corrected chi connectivity index (χ4v) is 7.07. The molecule has 5 aromatic rings. The third kappa shape index (κ3) is 6.72. The van der Waals surface area contributed by atoms with Gasteiger partial charge in [0.2, 0.25) is 0 Å². The molecule has 0 bridgehead atoms. The summed E-state index contributed by atoms with van der Waals surface area (Å²) >= 11 is 6.67. The maximum absolute atomic E-state index is 13.9. The summed E-state index contributed by atoms with van der Waals surface area (Å²) in [5.74, 6) is -0.692. The Balaban J connectivity index is 1.23. The van der Waals surface area contributed by atoms with Crippen LogP contribution in [0.3, 0.4) is 0 Å². The molecule has 1 unspecified atom stereocenters. The molecule has 0 radical (unpaired) electrons. The molecule has 2 aliphatic rings. The summed E-state index contributed by atoms with van der Waals surface area (Å²) in [6.45, 7) is 6.01. The van der Waals surface area contributed by atoms with Gasteiger partial charge in [0.05, 0.1) is 24.0 Å². The Morgan fingerprint density at radius 1 is 1.16 bits per heavy atom. The smallest absolute Gasteiger partial charge is 0.319 e. The molecule has 7 rings (SSSR count). The molecule has 0 aliphatic carbocycles. The van der Waals surface area contributed by atoms with Crippen LogP contribution in [-0.4, -0.2) is 103 Å². The molecule has 5 heterocycles. The molecule has 49 heavy (non-hydrogen) atoms.